The zero-order valence-corrected chi connectivity index (χ0v) is 15.0. The molecule has 0 unspecified atom stereocenters. The van der Waals surface area contributed by atoms with Gasteiger partial charge in [-0.15, -0.1) is 24.0 Å². The first kappa shape index (κ1) is 18.0. The number of rotatable bonds is 6. The van der Waals surface area contributed by atoms with Gasteiger partial charge in [0.25, 0.3) is 0 Å². The zero-order chi connectivity index (χ0) is 14.2. The lowest BCUT2D eigenvalue weighted by atomic mass is 10.2. The van der Waals surface area contributed by atoms with E-state index in [0.717, 1.165) is 43.3 Å². The van der Waals surface area contributed by atoms with Crippen LogP contribution in [0, 0.1) is 0 Å². The molecule has 2 heterocycles. The quantitative estimate of drug-likeness (QED) is 0.694. The van der Waals surface area contributed by atoms with E-state index >= 15 is 0 Å². The number of nitrogens with one attached hydrogen (secondary N) is 2. The van der Waals surface area contributed by atoms with E-state index in [1.807, 2.05) is 20.2 Å². The van der Waals surface area contributed by atoms with Crippen molar-refractivity contribution in [1.29, 1.82) is 0 Å². The largest absolute Gasteiger partial charge is 0.490 e. The highest BCUT2D eigenvalue weighted by molar-refractivity contribution is 14.0. The second-order valence-corrected chi connectivity index (χ2v) is 5.00. The molecule has 1 aromatic rings. The SMILES string of the molecule is CN(C)CCOc1cnccc1CNC1=NCCCN1.I. The summed E-state index contributed by atoms with van der Waals surface area (Å²) in [6.45, 7) is 4.10. The molecule has 0 aromatic carbocycles. The van der Waals surface area contributed by atoms with Crippen molar-refractivity contribution in [3.8, 4) is 5.75 Å². The van der Waals surface area contributed by atoms with E-state index in [-0.39, 0.29) is 24.0 Å². The van der Waals surface area contributed by atoms with Crippen LogP contribution in [0.3, 0.4) is 0 Å². The summed E-state index contributed by atoms with van der Waals surface area (Å²) < 4.78 is 5.78. The molecule has 1 aliphatic heterocycles. The molecule has 0 amide bonds. The van der Waals surface area contributed by atoms with Gasteiger partial charge in [-0.1, -0.05) is 0 Å². The Morgan fingerprint density at radius 2 is 2.29 bits per heavy atom. The number of aromatic nitrogens is 1. The molecule has 0 fully saturated rings. The summed E-state index contributed by atoms with van der Waals surface area (Å²) in [6.07, 6.45) is 4.65. The van der Waals surface area contributed by atoms with Crippen molar-refractivity contribution in [2.45, 2.75) is 13.0 Å². The van der Waals surface area contributed by atoms with Crippen molar-refractivity contribution in [3.63, 3.8) is 0 Å². The lowest BCUT2D eigenvalue weighted by Crippen LogP contribution is -2.40. The van der Waals surface area contributed by atoms with Crippen LogP contribution >= 0.6 is 24.0 Å². The second-order valence-electron chi connectivity index (χ2n) is 5.00. The summed E-state index contributed by atoms with van der Waals surface area (Å²) in [5.74, 6) is 1.70. The first-order chi connectivity index (χ1) is 9.75. The normalized spacial score (nSPS) is 14.0. The Morgan fingerprint density at radius 1 is 1.43 bits per heavy atom. The Kier molecular flexibility index (Phi) is 8.36. The highest BCUT2D eigenvalue weighted by Gasteiger charge is 2.07. The Morgan fingerprint density at radius 3 is 3.00 bits per heavy atom. The zero-order valence-electron chi connectivity index (χ0n) is 12.6. The third-order valence-corrected chi connectivity index (χ3v) is 3.01. The van der Waals surface area contributed by atoms with Gasteiger partial charge < -0.3 is 20.3 Å². The van der Waals surface area contributed by atoms with Gasteiger partial charge in [0.15, 0.2) is 5.96 Å². The molecule has 0 saturated heterocycles. The number of hydrogen-bond acceptors (Lipinski definition) is 6. The predicted molar refractivity (Wildman–Crippen MR) is 95.5 cm³/mol. The van der Waals surface area contributed by atoms with E-state index in [9.17, 15) is 0 Å². The molecular formula is C14H24IN5O. The fourth-order valence-electron chi connectivity index (χ4n) is 1.85. The summed E-state index contributed by atoms with van der Waals surface area (Å²) in [5.41, 5.74) is 1.09. The van der Waals surface area contributed by atoms with Gasteiger partial charge in [0, 0.05) is 37.9 Å². The van der Waals surface area contributed by atoms with Gasteiger partial charge in [0.2, 0.25) is 0 Å². The summed E-state index contributed by atoms with van der Waals surface area (Å²) in [7, 11) is 4.06. The molecule has 2 N–H and O–H groups in total. The molecule has 1 aromatic heterocycles. The highest BCUT2D eigenvalue weighted by Crippen LogP contribution is 2.16. The highest BCUT2D eigenvalue weighted by atomic mass is 127. The Balaban J connectivity index is 0.00000220. The van der Waals surface area contributed by atoms with Crippen molar-refractivity contribution in [2.24, 2.45) is 4.99 Å². The predicted octanol–water partition coefficient (Wildman–Crippen LogP) is 1.08. The Hall–Kier alpha value is -1.09. The molecule has 0 saturated carbocycles. The number of pyridine rings is 1. The number of ether oxygens (including phenoxy) is 1. The molecular weight excluding hydrogens is 381 g/mol. The van der Waals surface area contributed by atoms with Crippen molar-refractivity contribution < 1.29 is 4.74 Å². The maximum absolute atomic E-state index is 5.78. The summed E-state index contributed by atoms with van der Waals surface area (Å²) >= 11 is 0. The number of halogens is 1. The second kappa shape index (κ2) is 9.78. The molecule has 0 radical (unpaired) electrons. The minimum Gasteiger partial charge on any atom is -0.490 e. The summed E-state index contributed by atoms with van der Waals surface area (Å²) in [5, 5.41) is 6.54. The monoisotopic (exact) mass is 405 g/mol. The fourth-order valence-corrected chi connectivity index (χ4v) is 1.85. The van der Waals surface area contributed by atoms with E-state index in [0.29, 0.717) is 13.2 Å². The van der Waals surface area contributed by atoms with E-state index in [1.165, 1.54) is 0 Å². The van der Waals surface area contributed by atoms with Crippen molar-refractivity contribution in [2.75, 3.05) is 40.3 Å². The lowest BCUT2D eigenvalue weighted by molar-refractivity contribution is 0.258. The average molecular weight is 405 g/mol. The van der Waals surface area contributed by atoms with Gasteiger partial charge >= 0.3 is 0 Å². The van der Waals surface area contributed by atoms with Gasteiger partial charge in [0.05, 0.1) is 6.20 Å². The van der Waals surface area contributed by atoms with Gasteiger partial charge in [-0.2, -0.15) is 0 Å². The first-order valence-corrected chi connectivity index (χ1v) is 6.98. The standard InChI is InChI=1S/C14H23N5O.HI/c1-19(2)8-9-20-13-11-15-7-4-12(13)10-18-14-16-5-3-6-17-14;/h4,7,11H,3,5-6,8-10H2,1-2H3,(H2,16,17,18);1H. The molecule has 0 atom stereocenters. The lowest BCUT2D eigenvalue weighted by Gasteiger charge is -2.17. The number of nitrogens with zero attached hydrogens (tertiary/aromatic N) is 3. The van der Waals surface area contributed by atoms with E-state index in [1.54, 1.807) is 12.4 Å². The number of guanidine groups is 1. The van der Waals surface area contributed by atoms with Crippen LogP contribution in [0.4, 0.5) is 0 Å². The molecule has 0 bridgehead atoms. The van der Waals surface area contributed by atoms with Crippen LogP contribution in [0.1, 0.15) is 12.0 Å². The minimum atomic E-state index is 0. The average Bonchev–Trinajstić information content (AvgIpc) is 2.47. The molecule has 1 aliphatic rings. The van der Waals surface area contributed by atoms with Crippen LogP contribution in [0.2, 0.25) is 0 Å². The van der Waals surface area contributed by atoms with Gasteiger partial charge in [-0.3, -0.25) is 9.98 Å². The van der Waals surface area contributed by atoms with Crippen LogP contribution in [-0.2, 0) is 6.54 Å². The van der Waals surface area contributed by atoms with Crippen LogP contribution in [0.5, 0.6) is 5.75 Å². The molecule has 0 aliphatic carbocycles. The molecule has 2 rings (SSSR count). The fraction of sp³-hybridized carbons (Fsp3) is 0.571. The Bertz CT molecular complexity index is 453. The maximum atomic E-state index is 5.78. The third-order valence-electron chi connectivity index (χ3n) is 3.01. The molecule has 0 spiro atoms. The van der Waals surface area contributed by atoms with Gasteiger partial charge in [0.1, 0.15) is 12.4 Å². The van der Waals surface area contributed by atoms with E-state index in [4.69, 9.17) is 4.74 Å². The number of hydrogen-bond donors (Lipinski definition) is 2. The smallest absolute Gasteiger partial charge is 0.191 e. The molecule has 118 valence electrons. The van der Waals surface area contributed by atoms with E-state index < -0.39 is 0 Å². The van der Waals surface area contributed by atoms with E-state index in [2.05, 4.69) is 25.5 Å². The number of likely N-dealkylation sites (N-methyl/N-ethyl adjacent to an activating group) is 1. The maximum Gasteiger partial charge on any atom is 0.191 e. The molecule has 7 heteroatoms. The molecule has 21 heavy (non-hydrogen) atoms. The summed E-state index contributed by atoms with van der Waals surface area (Å²) in [6, 6.07) is 1.97. The molecule has 6 nitrogen and oxygen atoms in total. The van der Waals surface area contributed by atoms with Crippen LogP contribution in [-0.4, -0.2) is 56.2 Å². The topological polar surface area (TPSA) is 61.8 Å². The van der Waals surface area contributed by atoms with Crippen molar-refractivity contribution in [3.05, 3.63) is 24.0 Å². The van der Waals surface area contributed by atoms with Crippen LogP contribution in [0.15, 0.2) is 23.5 Å². The van der Waals surface area contributed by atoms with Crippen molar-refractivity contribution in [1.82, 2.24) is 20.5 Å². The van der Waals surface area contributed by atoms with Gasteiger partial charge in [-0.25, -0.2) is 0 Å². The van der Waals surface area contributed by atoms with Crippen molar-refractivity contribution >= 4 is 29.9 Å². The van der Waals surface area contributed by atoms with Crippen LogP contribution in [0.25, 0.3) is 0 Å². The Labute approximate surface area is 143 Å². The minimum absolute atomic E-state index is 0. The van der Waals surface area contributed by atoms with Crippen LogP contribution < -0.4 is 15.4 Å². The third kappa shape index (κ3) is 6.47. The van der Waals surface area contributed by atoms with Gasteiger partial charge in [-0.05, 0) is 26.6 Å². The summed E-state index contributed by atoms with van der Waals surface area (Å²) in [4.78, 5) is 10.6. The number of aliphatic imine (C=N–C) groups is 1. The first-order valence-electron chi connectivity index (χ1n) is 6.98.